The summed E-state index contributed by atoms with van der Waals surface area (Å²) in [4.78, 5) is 28.5. The Bertz CT molecular complexity index is 1320. The fourth-order valence-corrected chi connectivity index (χ4v) is 4.50. The van der Waals surface area contributed by atoms with Gasteiger partial charge < -0.3 is 23.8 Å². The zero-order chi connectivity index (χ0) is 24.2. The molecule has 2 aromatic heterocycles. The van der Waals surface area contributed by atoms with Crippen LogP contribution in [-0.4, -0.2) is 36.0 Å². The predicted octanol–water partition coefficient (Wildman–Crippen LogP) is 5.34. The van der Waals surface area contributed by atoms with Crippen molar-refractivity contribution in [1.29, 1.82) is 0 Å². The van der Waals surface area contributed by atoms with Gasteiger partial charge in [-0.3, -0.25) is 9.59 Å². The summed E-state index contributed by atoms with van der Waals surface area (Å²) in [6.45, 7) is 3.37. The van der Waals surface area contributed by atoms with Gasteiger partial charge in [0.25, 0.3) is 5.91 Å². The number of carbonyl (C=O) groups is 2. The summed E-state index contributed by atoms with van der Waals surface area (Å²) < 4.78 is 17.3. The number of furan rings is 2. The average molecular weight is 473 g/mol. The van der Waals surface area contributed by atoms with Gasteiger partial charge in [0.1, 0.15) is 17.0 Å². The van der Waals surface area contributed by atoms with E-state index in [-0.39, 0.29) is 36.6 Å². The van der Waals surface area contributed by atoms with E-state index in [2.05, 4.69) is 5.32 Å². The zero-order valence-corrected chi connectivity index (χ0v) is 19.7. The summed E-state index contributed by atoms with van der Waals surface area (Å²) >= 11 is 0. The minimum atomic E-state index is -0.320. The Morgan fingerprint density at radius 2 is 1.97 bits per heavy atom. The molecule has 1 fully saturated rings. The quantitative estimate of drug-likeness (QED) is 0.374. The first-order valence-corrected chi connectivity index (χ1v) is 11.9. The first-order valence-electron chi connectivity index (χ1n) is 11.9. The molecule has 1 aliphatic rings. The highest BCUT2D eigenvalue weighted by atomic mass is 16.5. The van der Waals surface area contributed by atoms with Crippen molar-refractivity contribution in [2.45, 2.75) is 38.8 Å². The summed E-state index contributed by atoms with van der Waals surface area (Å²) in [5.74, 6) is 0.234. The Labute approximate surface area is 203 Å². The van der Waals surface area contributed by atoms with Crippen molar-refractivity contribution in [3.05, 3.63) is 89.6 Å². The lowest BCUT2D eigenvalue weighted by Crippen LogP contribution is -2.37. The number of benzene rings is 2. The molecule has 7 nitrogen and oxygen atoms in total. The molecule has 1 saturated heterocycles. The molecule has 1 atom stereocenters. The molecule has 4 aromatic rings. The van der Waals surface area contributed by atoms with Crippen molar-refractivity contribution >= 4 is 28.5 Å². The van der Waals surface area contributed by atoms with E-state index in [1.807, 2.05) is 55.5 Å². The van der Waals surface area contributed by atoms with Crippen LogP contribution in [0.4, 0.5) is 5.69 Å². The van der Waals surface area contributed by atoms with Crippen LogP contribution in [0, 0.1) is 6.92 Å². The molecule has 0 radical (unpaired) electrons. The molecule has 0 spiro atoms. The second kappa shape index (κ2) is 10.2. The molecule has 2 aromatic carbocycles. The SMILES string of the molecule is Cc1cccc(CC(=O)Nc2c(C(=O)N(Cc3ccco3)CC3CCCO3)oc3ccccc23)c1. The topological polar surface area (TPSA) is 84.9 Å². The maximum absolute atomic E-state index is 13.8. The number of nitrogens with zero attached hydrogens (tertiary/aromatic N) is 1. The number of aryl methyl sites for hydroxylation is 1. The molecular formula is C28H28N2O5. The van der Waals surface area contributed by atoms with Gasteiger partial charge in [-0.1, -0.05) is 42.0 Å². The minimum Gasteiger partial charge on any atom is -0.467 e. The summed E-state index contributed by atoms with van der Waals surface area (Å²) in [7, 11) is 0. The molecule has 35 heavy (non-hydrogen) atoms. The lowest BCUT2D eigenvalue weighted by atomic mass is 10.1. The van der Waals surface area contributed by atoms with Crippen LogP contribution in [-0.2, 0) is 22.5 Å². The van der Waals surface area contributed by atoms with Crippen LogP contribution in [0.5, 0.6) is 0 Å². The third-order valence-electron chi connectivity index (χ3n) is 6.16. The van der Waals surface area contributed by atoms with Crippen molar-refractivity contribution in [3.63, 3.8) is 0 Å². The fraction of sp³-hybridized carbons (Fsp3) is 0.286. The van der Waals surface area contributed by atoms with Crippen LogP contribution in [0.3, 0.4) is 0 Å². The van der Waals surface area contributed by atoms with E-state index in [4.69, 9.17) is 13.6 Å². The lowest BCUT2D eigenvalue weighted by Gasteiger charge is -2.24. The van der Waals surface area contributed by atoms with Gasteiger partial charge in [0, 0.05) is 18.5 Å². The van der Waals surface area contributed by atoms with Crippen LogP contribution >= 0.6 is 0 Å². The van der Waals surface area contributed by atoms with Crippen molar-refractivity contribution in [2.24, 2.45) is 0 Å². The van der Waals surface area contributed by atoms with E-state index in [1.54, 1.807) is 23.3 Å². The van der Waals surface area contributed by atoms with Crippen LogP contribution in [0.2, 0.25) is 0 Å². The molecule has 1 aliphatic heterocycles. The smallest absolute Gasteiger partial charge is 0.292 e. The van der Waals surface area contributed by atoms with Crippen molar-refractivity contribution < 1.29 is 23.2 Å². The van der Waals surface area contributed by atoms with Crippen molar-refractivity contribution in [3.8, 4) is 0 Å². The van der Waals surface area contributed by atoms with Crippen LogP contribution in [0.25, 0.3) is 11.0 Å². The fourth-order valence-electron chi connectivity index (χ4n) is 4.50. The number of anilines is 1. The molecule has 0 saturated carbocycles. The number of hydrogen-bond acceptors (Lipinski definition) is 5. The highest BCUT2D eigenvalue weighted by Crippen LogP contribution is 2.32. The van der Waals surface area contributed by atoms with Gasteiger partial charge in [-0.05, 0) is 49.6 Å². The van der Waals surface area contributed by atoms with Crippen molar-refractivity contribution in [2.75, 3.05) is 18.5 Å². The Hall–Kier alpha value is -3.84. The number of para-hydroxylation sites is 1. The largest absolute Gasteiger partial charge is 0.467 e. The van der Waals surface area contributed by atoms with E-state index >= 15 is 0 Å². The van der Waals surface area contributed by atoms with Gasteiger partial charge in [-0.15, -0.1) is 0 Å². The van der Waals surface area contributed by atoms with Gasteiger partial charge in [-0.2, -0.15) is 0 Å². The number of hydrogen-bond donors (Lipinski definition) is 1. The van der Waals surface area contributed by atoms with Crippen LogP contribution < -0.4 is 5.32 Å². The zero-order valence-electron chi connectivity index (χ0n) is 19.7. The molecule has 1 N–H and O–H groups in total. The summed E-state index contributed by atoms with van der Waals surface area (Å²) in [5.41, 5.74) is 2.92. The molecular weight excluding hydrogens is 444 g/mol. The van der Waals surface area contributed by atoms with Crippen LogP contribution in [0.15, 0.2) is 75.8 Å². The standard InChI is InChI=1S/C28H28N2O5/c1-19-7-4-8-20(15-19)16-25(31)29-26-23-11-2-3-12-24(23)35-27(26)28(32)30(17-21-9-5-13-33-21)18-22-10-6-14-34-22/h2-5,7-9,11-13,15,22H,6,10,14,16-18H2,1H3,(H,29,31). The molecule has 7 heteroatoms. The second-order valence-electron chi connectivity index (χ2n) is 8.92. The van der Waals surface area contributed by atoms with Gasteiger partial charge in [0.15, 0.2) is 0 Å². The van der Waals surface area contributed by atoms with Gasteiger partial charge in [-0.25, -0.2) is 0 Å². The number of ether oxygens (including phenoxy) is 1. The minimum absolute atomic E-state index is 0.0438. The molecule has 5 rings (SSSR count). The Morgan fingerprint density at radius 1 is 1.09 bits per heavy atom. The highest BCUT2D eigenvalue weighted by Gasteiger charge is 2.30. The highest BCUT2D eigenvalue weighted by molar-refractivity contribution is 6.11. The van der Waals surface area contributed by atoms with Crippen molar-refractivity contribution in [1.82, 2.24) is 4.90 Å². The Morgan fingerprint density at radius 3 is 2.74 bits per heavy atom. The van der Waals surface area contributed by atoms with E-state index in [0.29, 0.717) is 35.6 Å². The second-order valence-corrected chi connectivity index (χ2v) is 8.92. The van der Waals surface area contributed by atoms with Gasteiger partial charge in [0.05, 0.1) is 25.3 Å². The third kappa shape index (κ3) is 5.30. The molecule has 0 aliphatic carbocycles. The Balaban J connectivity index is 1.45. The number of rotatable bonds is 8. The molecule has 0 bridgehead atoms. The van der Waals surface area contributed by atoms with Gasteiger partial charge in [0.2, 0.25) is 11.7 Å². The van der Waals surface area contributed by atoms with E-state index < -0.39 is 0 Å². The summed E-state index contributed by atoms with van der Waals surface area (Å²) in [6, 6.07) is 18.8. The molecule has 2 amide bonds. The van der Waals surface area contributed by atoms with E-state index in [0.717, 1.165) is 24.0 Å². The maximum atomic E-state index is 13.8. The maximum Gasteiger partial charge on any atom is 0.292 e. The first-order chi connectivity index (χ1) is 17.1. The van der Waals surface area contributed by atoms with Crippen LogP contribution in [0.1, 0.15) is 40.3 Å². The average Bonchev–Trinajstić information content (AvgIpc) is 3.61. The predicted molar refractivity (Wildman–Crippen MR) is 132 cm³/mol. The number of amides is 2. The summed E-state index contributed by atoms with van der Waals surface area (Å²) in [5, 5.41) is 3.64. The number of carbonyl (C=O) groups excluding carboxylic acids is 2. The lowest BCUT2D eigenvalue weighted by molar-refractivity contribution is -0.115. The van der Waals surface area contributed by atoms with E-state index in [9.17, 15) is 9.59 Å². The molecule has 1 unspecified atom stereocenters. The third-order valence-corrected chi connectivity index (χ3v) is 6.16. The van der Waals surface area contributed by atoms with E-state index in [1.165, 1.54) is 0 Å². The monoisotopic (exact) mass is 472 g/mol. The Kier molecular flexibility index (Phi) is 6.68. The van der Waals surface area contributed by atoms with Gasteiger partial charge >= 0.3 is 0 Å². The molecule has 3 heterocycles. The summed E-state index contributed by atoms with van der Waals surface area (Å²) in [6.07, 6.45) is 3.60. The number of nitrogens with one attached hydrogen (secondary N) is 1. The number of fused-ring (bicyclic) bond motifs is 1. The first kappa shape index (κ1) is 22.9. The molecule has 180 valence electrons. The normalized spacial score (nSPS) is 15.4.